The molecule has 2 N–H and O–H groups in total. The van der Waals surface area contributed by atoms with Gasteiger partial charge in [0.25, 0.3) is 5.91 Å². The molecule has 0 aliphatic carbocycles. The molecule has 5 nitrogen and oxygen atoms in total. The minimum Gasteiger partial charge on any atom is -0.457 e. The Labute approximate surface area is 107 Å². The molecule has 0 aromatic carbocycles. The van der Waals surface area contributed by atoms with Gasteiger partial charge in [-0.1, -0.05) is 0 Å². The quantitative estimate of drug-likeness (QED) is 0.883. The van der Waals surface area contributed by atoms with E-state index in [0.29, 0.717) is 36.3 Å². The van der Waals surface area contributed by atoms with Gasteiger partial charge in [-0.2, -0.15) is 0 Å². The highest BCUT2D eigenvalue weighted by atomic mass is 79.9. The van der Waals surface area contributed by atoms with E-state index in [1.807, 2.05) is 0 Å². The number of rotatable bonds is 3. The molecule has 1 fully saturated rings. The zero-order valence-corrected chi connectivity index (χ0v) is 10.8. The number of carbonyl (C=O) groups excluding carboxylic acids is 1. The maximum absolute atomic E-state index is 11.7. The first-order valence-electron chi connectivity index (χ1n) is 5.41. The molecule has 0 saturated carbocycles. The van der Waals surface area contributed by atoms with Gasteiger partial charge in [-0.15, -0.1) is 0 Å². The number of amides is 1. The third-order valence-electron chi connectivity index (χ3n) is 2.83. The van der Waals surface area contributed by atoms with E-state index in [2.05, 4.69) is 21.2 Å². The molecule has 0 spiro atoms. The Hall–Kier alpha value is -0.850. The van der Waals surface area contributed by atoms with E-state index in [4.69, 9.17) is 9.15 Å². The summed E-state index contributed by atoms with van der Waals surface area (Å²) in [4.78, 5) is 11.7. The number of carbonyl (C=O) groups is 1. The smallest absolute Gasteiger partial charge is 0.254 e. The Kier molecular flexibility index (Phi) is 3.86. The molecule has 94 valence electrons. The average Bonchev–Trinajstić information content (AvgIpc) is 2.74. The number of nitrogens with one attached hydrogen (secondary N) is 1. The standard InChI is InChI=1S/C11H14BrNO4/c12-9-5-8(6-17-9)10(14)13-7-11(15)1-3-16-4-2-11/h5-6,15H,1-4,7H2,(H,13,14). The Morgan fingerprint density at radius 3 is 2.82 bits per heavy atom. The van der Waals surface area contributed by atoms with E-state index in [1.165, 1.54) is 6.26 Å². The summed E-state index contributed by atoms with van der Waals surface area (Å²) >= 11 is 3.13. The summed E-state index contributed by atoms with van der Waals surface area (Å²) in [5.41, 5.74) is -0.415. The summed E-state index contributed by atoms with van der Waals surface area (Å²) in [6.07, 6.45) is 2.46. The molecule has 1 amide bonds. The molecular weight excluding hydrogens is 290 g/mol. The lowest BCUT2D eigenvalue weighted by Gasteiger charge is -2.31. The van der Waals surface area contributed by atoms with Crippen molar-refractivity contribution < 1.29 is 19.1 Å². The Bertz CT molecular complexity index is 398. The molecule has 2 heterocycles. The molecule has 1 aromatic heterocycles. The van der Waals surface area contributed by atoms with Crippen LogP contribution in [0.4, 0.5) is 0 Å². The van der Waals surface area contributed by atoms with Crippen LogP contribution in [0.1, 0.15) is 23.2 Å². The van der Waals surface area contributed by atoms with Crippen LogP contribution in [-0.2, 0) is 4.74 Å². The number of furan rings is 1. The second kappa shape index (κ2) is 5.20. The van der Waals surface area contributed by atoms with Crippen molar-refractivity contribution in [3.8, 4) is 0 Å². The highest BCUT2D eigenvalue weighted by Crippen LogP contribution is 2.20. The molecule has 17 heavy (non-hydrogen) atoms. The molecule has 6 heteroatoms. The van der Waals surface area contributed by atoms with Crippen LogP contribution in [0.2, 0.25) is 0 Å². The van der Waals surface area contributed by atoms with Gasteiger partial charge in [0.15, 0.2) is 4.67 Å². The normalized spacial score (nSPS) is 18.9. The molecule has 0 atom stereocenters. The van der Waals surface area contributed by atoms with Gasteiger partial charge >= 0.3 is 0 Å². The monoisotopic (exact) mass is 303 g/mol. The first kappa shape index (κ1) is 12.6. The second-order valence-electron chi connectivity index (χ2n) is 4.16. The largest absolute Gasteiger partial charge is 0.457 e. The molecule has 0 bridgehead atoms. The molecule has 0 unspecified atom stereocenters. The molecule has 1 aromatic rings. The average molecular weight is 304 g/mol. The van der Waals surface area contributed by atoms with Crippen LogP contribution in [0.3, 0.4) is 0 Å². The molecule has 1 saturated heterocycles. The third-order valence-corrected chi connectivity index (χ3v) is 3.25. The van der Waals surface area contributed by atoms with Crippen molar-refractivity contribution in [3.05, 3.63) is 22.6 Å². The fraction of sp³-hybridized carbons (Fsp3) is 0.545. The summed E-state index contributed by atoms with van der Waals surface area (Å²) in [6.45, 7) is 1.30. The van der Waals surface area contributed by atoms with Crippen molar-refractivity contribution in [1.82, 2.24) is 5.32 Å². The van der Waals surface area contributed by atoms with Crippen LogP contribution in [-0.4, -0.2) is 36.4 Å². The highest BCUT2D eigenvalue weighted by molar-refractivity contribution is 9.10. The Morgan fingerprint density at radius 2 is 2.24 bits per heavy atom. The van der Waals surface area contributed by atoms with Crippen LogP contribution < -0.4 is 5.32 Å². The molecule has 1 aliphatic heterocycles. The van der Waals surface area contributed by atoms with Crippen LogP contribution in [0.5, 0.6) is 0 Å². The molecule has 2 rings (SSSR count). The lowest BCUT2D eigenvalue weighted by molar-refractivity contribution is -0.0605. The number of hydrogen-bond donors (Lipinski definition) is 2. The highest BCUT2D eigenvalue weighted by Gasteiger charge is 2.30. The Morgan fingerprint density at radius 1 is 1.53 bits per heavy atom. The Balaban J connectivity index is 1.87. The first-order chi connectivity index (χ1) is 8.09. The summed E-state index contributed by atoms with van der Waals surface area (Å²) in [5, 5.41) is 12.8. The topological polar surface area (TPSA) is 71.7 Å². The molecule has 1 aliphatic rings. The van der Waals surface area contributed by atoms with Gasteiger partial charge in [0.2, 0.25) is 0 Å². The van der Waals surface area contributed by atoms with E-state index in [-0.39, 0.29) is 12.5 Å². The summed E-state index contributed by atoms with van der Waals surface area (Å²) in [5.74, 6) is -0.251. The van der Waals surface area contributed by atoms with Crippen molar-refractivity contribution in [2.45, 2.75) is 18.4 Å². The van der Waals surface area contributed by atoms with Gasteiger partial charge in [0.1, 0.15) is 6.26 Å². The second-order valence-corrected chi connectivity index (χ2v) is 4.94. The summed E-state index contributed by atoms with van der Waals surface area (Å²) < 4.78 is 10.6. The molecule has 0 radical (unpaired) electrons. The van der Waals surface area contributed by atoms with Gasteiger partial charge in [-0.25, -0.2) is 0 Å². The zero-order chi connectivity index (χ0) is 12.3. The van der Waals surface area contributed by atoms with Crippen LogP contribution in [0.15, 0.2) is 21.4 Å². The maximum Gasteiger partial charge on any atom is 0.254 e. The first-order valence-corrected chi connectivity index (χ1v) is 6.21. The molecular formula is C11H14BrNO4. The van der Waals surface area contributed by atoms with Crippen molar-refractivity contribution >= 4 is 21.8 Å². The predicted molar refractivity (Wildman–Crippen MR) is 63.7 cm³/mol. The van der Waals surface area contributed by atoms with Crippen LogP contribution in [0, 0.1) is 0 Å². The van der Waals surface area contributed by atoms with E-state index < -0.39 is 5.60 Å². The predicted octanol–water partition coefficient (Wildman–Crippen LogP) is 1.31. The van der Waals surface area contributed by atoms with E-state index in [9.17, 15) is 9.90 Å². The van der Waals surface area contributed by atoms with Crippen LogP contribution >= 0.6 is 15.9 Å². The minimum atomic E-state index is -0.852. The maximum atomic E-state index is 11.7. The number of hydrogen-bond acceptors (Lipinski definition) is 4. The fourth-order valence-corrected chi connectivity index (χ4v) is 2.04. The minimum absolute atomic E-state index is 0.234. The fourth-order valence-electron chi connectivity index (χ4n) is 1.70. The van der Waals surface area contributed by atoms with Crippen molar-refractivity contribution in [1.29, 1.82) is 0 Å². The number of ether oxygens (including phenoxy) is 1. The number of halogens is 1. The van der Waals surface area contributed by atoms with Crippen LogP contribution in [0.25, 0.3) is 0 Å². The lowest BCUT2D eigenvalue weighted by atomic mass is 9.94. The van der Waals surface area contributed by atoms with Gasteiger partial charge in [0.05, 0.1) is 11.2 Å². The van der Waals surface area contributed by atoms with Crippen molar-refractivity contribution in [2.75, 3.05) is 19.8 Å². The van der Waals surface area contributed by atoms with Crippen molar-refractivity contribution in [2.24, 2.45) is 0 Å². The van der Waals surface area contributed by atoms with Gasteiger partial charge in [-0.05, 0) is 15.9 Å². The van der Waals surface area contributed by atoms with Gasteiger partial charge in [0, 0.05) is 38.7 Å². The number of aliphatic hydroxyl groups is 1. The SMILES string of the molecule is O=C(NCC1(O)CCOCC1)c1coc(Br)c1. The zero-order valence-electron chi connectivity index (χ0n) is 9.24. The summed E-state index contributed by atoms with van der Waals surface area (Å²) in [7, 11) is 0. The van der Waals surface area contributed by atoms with E-state index in [0.717, 1.165) is 0 Å². The van der Waals surface area contributed by atoms with E-state index >= 15 is 0 Å². The van der Waals surface area contributed by atoms with Gasteiger partial charge in [-0.3, -0.25) is 4.79 Å². The third kappa shape index (κ3) is 3.31. The summed E-state index contributed by atoms with van der Waals surface area (Å²) in [6, 6.07) is 1.59. The van der Waals surface area contributed by atoms with Gasteiger partial charge < -0.3 is 19.6 Å². The lowest BCUT2D eigenvalue weighted by Crippen LogP contribution is -2.46. The van der Waals surface area contributed by atoms with E-state index in [1.54, 1.807) is 6.07 Å². The van der Waals surface area contributed by atoms with Crippen molar-refractivity contribution in [3.63, 3.8) is 0 Å².